The molecule has 0 saturated carbocycles. The quantitative estimate of drug-likeness (QED) is 0.919. The molecule has 1 aromatic carbocycles. The standard InChI is InChI=1S/C19H24N2O2/c1-13(2)23-19-11-14(7-9-21-19)15-5-4-6-17-16(15)8-10-22-18(17)12-20-3/h4-7,9,11,13,18,20H,8,10,12H2,1-3H3/t18-/m0/s1. The average Bonchev–Trinajstić information content (AvgIpc) is 2.54. The van der Waals surface area contributed by atoms with E-state index in [1.165, 1.54) is 16.7 Å². The fourth-order valence-corrected chi connectivity index (χ4v) is 3.09. The molecule has 0 radical (unpaired) electrons. The Balaban J connectivity index is 1.99. The van der Waals surface area contributed by atoms with Crippen LogP contribution in [-0.4, -0.2) is 31.3 Å². The van der Waals surface area contributed by atoms with Gasteiger partial charge in [-0.25, -0.2) is 4.98 Å². The van der Waals surface area contributed by atoms with Gasteiger partial charge < -0.3 is 14.8 Å². The summed E-state index contributed by atoms with van der Waals surface area (Å²) < 4.78 is 11.6. The molecule has 0 unspecified atom stereocenters. The normalized spacial score (nSPS) is 17.1. The fraction of sp³-hybridized carbons (Fsp3) is 0.421. The van der Waals surface area contributed by atoms with Gasteiger partial charge in [0.15, 0.2) is 0 Å². The first-order valence-corrected chi connectivity index (χ1v) is 8.20. The van der Waals surface area contributed by atoms with E-state index in [2.05, 4.69) is 28.5 Å². The lowest BCUT2D eigenvalue weighted by atomic mass is 9.90. The number of rotatable bonds is 5. The molecule has 1 aliphatic heterocycles. The van der Waals surface area contributed by atoms with E-state index in [0.29, 0.717) is 5.88 Å². The van der Waals surface area contributed by atoms with Gasteiger partial charge in [-0.2, -0.15) is 0 Å². The van der Waals surface area contributed by atoms with Crippen LogP contribution in [0.1, 0.15) is 31.1 Å². The van der Waals surface area contributed by atoms with E-state index in [4.69, 9.17) is 9.47 Å². The smallest absolute Gasteiger partial charge is 0.214 e. The molecule has 0 saturated heterocycles. The summed E-state index contributed by atoms with van der Waals surface area (Å²) in [4.78, 5) is 4.30. The number of hydrogen-bond acceptors (Lipinski definition) is 4. The molecule has 122 valence electrons. The van der Waals surface area contributed by atoms with Crippen LogP contribution in [0.4, 0.5) is 0 Å². The van der Waals surface area contributed by atoms with Crippen molar-refractivity contribution in [3.8, 4) is 17.0 Å². The Bertz CT molecular complexity index is 670. The molecule has 1 N–H and O–H groups in total. The van der Waals surface area contributed by atoms with Crippen molar-refractivity contribution >= 4 is 0 Å². The van der Waals surface area contributed by atoms with Crippen molar-refractivity contribution in [2.45, 2.75) is 32.5 Å². The van der Waals surface area contributed by atoms with Gasteiger partial charge in [-0.3, -0.25) is 0 Å². The maximum absolute atomic E-state index is 5.91. The van der Waals surface area contributed by atoms with Crippen LogP contribution in [-0.2, 0) is 11.2 Å². The Labute approximate surface area is 137 Å². The monoisotopic (exact) mass is 312 g/mol. The van der Waals surface area contributed by atoms with Gasteiger partial charge >= 0.3 is 0 Å². The summed E-state index contributed by atoms with van der Waals surface area (Å²) in [6.07, 6.45) is 3.00. The minimum absolute atomic E-state index is 0.121. The molecule has 1 aliphatic rings. The van der Waals surface area contributed by atoms with Crippen molar-refractivity contribution in [2.24, 2.45) is 0 Å². The van der Waals surface area contributed by atoms with Crippen molar-refractivity contribution in [3.63, 3.8) is 0 Å². The van der Waals surface area contributed by atoms with E-state index in [1.807, 2.05) is 39.2 Å². The van der Waals surface area contributed by atoms with E-state index in [9.17, 15) is 0 Å². The number of benzene rings is 1. The third kappa shape index (κ3) is 3.54. The van der Waals surface area contributed by atoms with Crippen LogP contribution in [0.3, 0.4) is 0 Å². The van der Waals surface area contributed by atoms with Crippen molar-refractivity contribution in [2.75, 3.05) is 20.2 Å². The van der Waals surface area contributed by atoms with Gasteiger partial charge in [0.25, 0.3) is 0 Å². The highest BCUT2D eigenvalue weighted by molar-refractivity contribution is 5.70. The minimum Gasteiger partial charge on any atom is -0.475 e. The van der Waals surface area contributed by atoms with E-state index >= 15 is 0 Å². The number of fused-ring (bicyclic) bond motifs is 1. The van der Waals surface area contributed by atoms with E-state index in [1.54, 1.807) is 0 Å². The Morgan fingerprint density at radius 2 is 2.22 bits per heavy atom. The summed E-state index contributed by atoms with van der Waals surface area (Å²) in [7, 11) is 1.96. The molecule has 0 aliphatic carbocycles. The van der Waals surface area contributed by atoms with Gasteiger partial charge in [0.2, 0.25) is 5.88 Å². The third-order valence-electron chi connectivity index (χ3n) is 4.02. The van der Waals surface area contributed by atoms with Crippen molar-refractivity contribution < 1.29 is 9.47 Å². The number of aromatic nitrogens is 1. The Hall–Kier alpha value is -1.91. The second-order valence-electron chi connectivity index (χ2n) is 6.09. The SMILES string of the molecule is CNC[C@@H]1OCCc2c(-c3ccnc(OC(C)C)c3)cccc21. The lowest BCUT2D eigenvalue weighted by Gasteiger charge is -2.28. The second-order valence-corrected chi connectivity index (χ2v) is 6.09. The Kier molecular flexibility index (Phi) is 4.94. The van der Waals surface area contributed by atoms with Crippen molar-refractivity contribution in [3.05, 3.63) is 47.7 Å². The third-order valence-corrected chi connectivity index (χ3v) is 4.02. The number of pyridine rings is 1. The molecule has 0 amide bonds. The predicted molar refractivity (Wildman–Crippen MR) is 91.8 cm³/mol. The molecule has 0 spiro atoms. The van der Waals surface area contributed by atoms with Gasteiger partial charge in [0, 0.05) is 18.8 Å². The molecule has 2 heterocycles. The number of nitrogens with zero attached hydrogens (tertiary/aromatic N) is 1. The van der Waals surface area contributed by atoms with Gasteiger partial charge in [0.05, 0.1) is 18.8 Å². The number of hydrogen-bond donors (Lipinski definition) is 1. The summed E-state index contributed by atoms with van der Waals surface area (Å²) in [6, 6.07) is 10.5. The van der Waals surface area contributed by atoms with E-state index in [-0.39, 0.29) is 12.2 Å². The fourth-order valence-electron chi connectivity index (χ4n) is 3.09. The molecule has 2 aromatic rings. The summed E-state index contributed by atoms with van der Waals surface area (Å²) in [5.41, 5.74) is 5.06. The molecule has 0 fully saturated rings. The average molecular weight is 312 g/mol. The molecule has 3 rings (SSSR count). The highest BCUT2D eigenvalue weighted by Gasteiger charge is 2.22. The summed E-state index contributed by atoms with van der Waals surface area (Å²) >= 11 is 0. The summed E-state index contributed by atoms with van der Waals surface area (Å²) in [5.74, 6) is 0.675. The van der Waals surface area contributed by atoms with Crippen molar-refractivity contribution in [1.29, 1.82) is 0 Å². The molecule has 4 nitrogen and oxygen atoms in total. The molecule has 4 heteroatoms. The first-order chi connectivity index (χ1) is 11.2. The van der Waals surface area contributed by atoms with Crippen LogP contribution < -0.4 is 10.1 Å². The second kappa shape index (κ2) is 7.11. The summed E-state index contributed by atoms with van der Waals surface area (Å²) in [6.45, 7) is 5.61. The zero-order valence-corrected chi connectivity index (χ0v) is 14.0. The van der Waals surface area contributed by atoms with Crippen LogP contribution in [0.2, 0.25) is 0 Å². The van der Waals surface area contributed by atoms with Crippen molar-refractivity contribution in [1.82, 2.24) is 10.3 Å². The molecule has 0 bridgehead atoms. The van der Waals surface area contributed by atoms with Crippen LogP contribution in [0.5, 0.6) is 5.88 Å². The maximum Gasteiger partial charge on any atom is 0.214 e. The zero-order valence-electron chi connectivity index (χ0n) is 14.0. The van der Waals surface area contributed by atoms with Gasteiger partial charge in [-0.05, 0) is 55.6 Å². The lowest BCUT2D eigenvalue weighted by molar-refractivity contribution is 0.0440. The maximum atomic E-state index is 5.91. The van der Waals surface area contributed by atoms with Gasteiger partial charge in [-0.1, -0.05) is 18.2 Å². The highest BCUT2D eigenvalue weighted by Crippen LogP contribution is 2.35. The topological polar surface area (TPSA) is 43.4 Å². The van der Waals surface area contributed by atoms with Crippen LogP contribution in [0.25, 0.3) is 11.1 Å². The van der Waals surface area contributed by atoms with Crippen LogP contribution in [0, 0.1) is 0 Å². The first kappa shape index (κ1) is 16.0. The Morgan fingerprint density at radius 1 is 1.35 bits per heavy atom. The molecular formula is C19H24N2O2. The molecule has 1 atom stereocenters. The number of ether oxygens (including phenoxy) is 2. The first-order valence-electron chi connectivity index (χ1n) is 8.20. The summed E-state index contributed by atoms with van der Waals surface area (Å²) in [5, 5.41) is 3.21. The number of likely N-dealkylation sites (N-methyl/N-ethyl adjacent to an activating group) is 1. The van der Waals surface area contributed by atoms with Gasteiger partial charge in [0.1, 0.15) is 0 Å². The molecule has 23 heavy (non-hydrogen) atoms. The Morgan fingerprint density at radius 3 is 3.00 bits per heavy atom. The number of nitrogens with one attached hydrogen (secondary N) is 1. The zero-order chi connectivity index (χ0) is 16.2. The lowest BCUT2D eigenvalue weighted by Crippen LogP contribution is -2.25. The van der Waals surface area contributed by atoms with E-state index in [0.717, 1.165) is 25.1 Å². The molecular weight excluding hydrogens is 288 g/mol. The van der Waals surface area contributed by atoms with E-state index < -0.39 is 0 Å². The molecule has 1 aromatic heterocycles. The van der Waals surface area contributed by atoms with Crippen LogP contribution in [0.15, 0.2) is 36.5 Å². The predicted octanol–water partition coefficient (Wildman–Crippen LogP) is 3.37. The van der Waals surface area contributed by atoms with Crippen LogP contribution >= 0.6 is 0 Å². The highest BCUT2D eigenvalue weighted by atomic mass is 16.5. The largest absolute Gasteiger partial charge is 0.475 e. The van der Waals surface area contributed by atoms with Gasteiger partial charge in [-0.15, -0.1) is 0 Å². The minimum atomic E-state index is 0.121.